The van der Waals surface area contributed by atoms with Crippen molar-refractivity contribution in [3.63, 3.8) is 0 Å². The normalized spacial score (nSPS) is 24.4. The predicted octanol–water partition coefficient (Wildman–Crippen LogP) is 0.511. The van der Waals surface area contributed by atoms with Gasteiger partial charge in [0.05, 0.1) is 19.1 Å². The maximum atomic E-state index is 12.5. The number of carbonyl (C=O) groups is 2. The number of amides is 2. The van der Waals surface area contributed by atoms with Crippen LogP contribution in [0.1, 0.15) is 43.4 Å². The number of hydrogen-bond acceptors (Lipinski definition) is 5. The molecule has 8 heteroatoms. The predicted molar refractivity (Wildman–Crippen MR) is 75.0 cm³/mol. The Kier molecular flexibility index (Phi) is 3.05. The monoisotopic (exact) mass is 305 g/mol. The lowest BCUT2D eigenvalue weighted by molar-refractivity contribution is -0.135. The van der Waals surface area contributed by atoms with Crippen LogP contribution in [-0.4, -0.2) is 62.8 Å². The Hall–Kier alpha value is -2.12. The van der Waals surface area contributed by atoms with E-state index in [0.29, 0.717) is 32.2 Å². The summed E-state index contributed by atoms with van der Waals surface area (Å²) in [6.07, 6.45) is 1.92. The minimum absolute atomic E-state index is 0.0615. The van der Waals surface area contributed by atoms with Gasteiger partial charge in [-0.25, -0.2) is 14.5 Å². The number of hydrogen-bond donors (Lipinski definition) is 0. The third kappa shape index (κ3) is 2.22. The molecule has 0 N–H and O–H groups in total. The first-order valence-electron chi connectivity index (χ1n) is 7.79. The fourth-order valence-corrected chi connectivity index (χ4v) is 3.06. The van der Waals surface area contributed by atoms with Gasteiger partial charge in [0.2, 0.25) is 5.91 Å². The van der Waals surface area contributed by atoms with Gasteiger partial charge in [-0.1, -0.05) is 0 Å². The summed E-state index contributed by atoms with van der Waals surface area (Å²) in [6.45, 7) is 4.15. The average molecular weight is 305 g/mol. The number of rotatable bonds is 3. The summed E-state index contributed by atoms with van der Waals surface area (Å²) >= 11 is 0. The van der Waals surface area contributed by atoms with Gasteiger partial charge in [0.25, 0.3) is 0 Å². The van der Waals surface area contributed by atoms with Crippen molar-refractivity contribution in [3.8, 4) is 0 Å². The zero-order chi connectivity index (χ0) is 15.3. The molecule has 0 unspecified atom stereocenters. The lowest BCUT2D eigenvalue weighted by atomic mass is 10.2. The van der Waals surface area contributed by atoms with Crippen molar-refractivity contribution in [2.75, 3.05) is 26.2 Å². The fourth-order valence-electron chi connectivity index (χ4n) is 3.06. The Morgan fingerprint density at radius 3 is 2.82 bits per heavy atom. The van der Waals surface area contributed by atoms with Gasteiger partial charge in [0, 0.05) is 12.5 Å². The van der Waals surface area contributed by atoms with E-state index in [9.17, 15) is 9.59 Å². The average Bonchev–Trinajstić information content (AvgIpc) is 3.13. The van der Waals surface area contributed by atoms with E-state index in [1.165, 1.54) is 4.90 Å². The molecule has 1 saturated carbocycles. The molecule has 2 aliphatic heterocycles. The summed E-state index contributed by atoms with van der Waals surface area (Å²) in [5.41, 5.74) is 0. The largest absolute Gasteiger partial charge is 0.448 e. The van der Waals surface area contributed by atoms with E-state index in [0.717, 1.165) is 24.5 Å². The second-order valence-electron chi connectivity index (χ2n) is 6.12. The molecule has 1 saturated heterocycles. The minimum atomic E-state index is -0.405. The molecule has 2 fully saturated rings. The lowest BCUT2D eigenvalue weighted by Crippen LogP contribution is -2.46. The summed E-state index contributed by atoms with van der Waals surface area (Å²) in [5, 5.41) is 4.56. The van der Waals surface area contributed by atoms with E-state index < -0.39 is 6.09 Å². The van der Waals surface area contributed by atoms with E-state index >= 15 is 0 Å². The second-order valence-corrected chi connectivity index (χ2v) is 6.12. The van der Waals surface area contributed by atoms with Crippen molar-refractivity contribution in [1.29, 1.82) is 0 Å². The number of cyclic esters (lactones) is 1. The SMILES string of the molecule is C[C@@H]1c2nc(C3CC3)nn2CCN1C(=O)CN1CCOC1=O. The molecule has 4 rings (SSSR count). The Balaban J connectivity index is 1.48. The van der Waals surface area contributed by atoms with E-state index in [4.69, 9.17) is 4.74 Å². The molecule has 1 aromatic heterocycles. The van der Waals surface area contributed by atoms with Crippen LogP contribution in [0.25, 0.3) is 0 Å². The van der Waals surface area contributed by atoms with Crippen LogP contribution in [0.4, 0.5) is 4.79 Å². The molecule has 0 spiro atoms. The third-order valence-corrected chi connectivity index (χ3v) is 4.54. The zero-order valence-corrected chi connectivity index (χ0v) is 12.6. The van der Waals surface area contributed by atoms with E-state index in [1.54, 1.807) is 4.90 Å². The Morgan fingerprint density at radius 1 is 1.32 bits per heavy atom. The summed E-state index contributed by atoms with van der Waals surface area (Å²) in [7, 11) is 0. The summed E-state index contributed by atoms with van der Waals surface area (Å²) < 4.78 is 6.79. The number of fused-ring (bicyclic) bond motifs is 1. The maximum Gasteiger partial charge on any atom is 0.410 e. The van der Waals surface area contributed by atoms with E-state index in [2.05, 4.69) is 10.1 Å². The molecule has 0 aromatic carbocycles. The van der Waals surface area contributed by atoms with Gasteiger partial charge in [-0.3, -0.25) is 9.69 Å². The van der Waals surface area contributed by atoms with Crippen LogP contribution in [0.5, 0.6) is 0 Å². The van der Waals surface area contributed by atoms with Crippen molar-refractivity contribution in [2.24, 2.45) is 0 Å². The summed E-state index contributed by atoms with van der Waals surface area (Å²) in [4.78, 5) is 31.8. The molecule has 1 aromatic rings. The summed E-state index contributed by atoms with van der Waals surface area (Å²) in [6, 6.07) is -0.111. The van der Waals surface area contributed by atoms with Gasteiger partial charge < -0.3 is 9.64 Å². The molecule has 8 nitrogen and oxygen atoms in total. The molecule has 0 bridgehead atoms. The topological polar surface area (TPSA) is 80.6 Å². The molecule has 3 aliphatic rings. The van der Waals surface area contributed by atoms with Gasteiger partial charge in [-0.05, 0) is 19.8 Å². The Morgan fingerprint density at radius 2 is 2.14 bits per heavy atom. The number of aromatic nitrogens is 3. The molecule has 3 heterocycles. The molecule has 118 valence electrons. The maximum absolute atomic E-state index is 12.5. The molecular weight excluding hydrogens is 286 g/mol. The van der Waals surface area contributed by atoms with Crippen molar-refractivity contribution in [1.82, 2.24) is 24.6 Å². The fraction of sp³-hybridized carbons (Fsp3) is 0.714. The Labute approximate surface area is 128 Å². The van der Waals surface area contributed by atoms with Gasteiger partial charge in [-0.2, -0.15) is 5.10 Å². The van der Waals surface area contributed by atoms with Crippen molar-refractivity contribution in [2.45, 2.75) is 38.3 Å². The van der Waals surface area contributed by atoms with Crippen LogP contribution in [-0.2, 0) is 16.1 Å². The first-order valence-corrected chi connectivity index (χ1v) is 7.79. The van der Waals surface area contributed by atoms with Crippen molar-refractivity contribution in [3.05, 3.63) is 11.6 Å². The highest BCUT2D eigenvalue weighted by Crippen LogP contribution is 2.39. The van der Waals surface area contributed by atoms with E-state index in [-0.39, 0.29) is 18.5 Å². The molecule has 22 heavy (non-hydrogen) atoms. The van der Waals surface area contributed by atoms with Gasteiger partial charge in [0.1, 0.15) is 19.0 Å². The number of ether oxygens (including phenoxy) is 1. The second kappa shape index (κ2) is 4.96. The minimum Gasteiger partial charge on any atom is -0.448 e. The Bertz CT molecular complexity index is 624. The van der Waals surface area contributed by atoms with Gasteiger partial charge in [0.15, 0.2) is 5.82 Å². The third-order valence-electron chi connectivity index (χ3n) is 4.54. The smallest absolute Gasteiger partial charge is 0.410 e. The van der Waals surface area contributed by atoms with Crippen LogP contribution in [0, 0.1) is 0 Å². The molecule has 1 aliphatic carbocycles. The van der Waals surface area contributed by atoms with Crippen LogP contribution in [0.2, 0.25) is 0 Å². The van der Waals surface area contributed by atoms with Crippen molar-refractivity contribution < 1.29 is 14.3 Å². The van der Waals surface area contributed by atoms with Crippen LogP contribution in [0.3, 0.4) is 0 Å². The molecule has 0 radical (unpaired) electrons. The number of nitrogens with zero attached hydrogens (tertiary/aromatic N) is 5. The lowest BCUT2D eigenvalue weighted by Gasteiger charge is -2.33. The number of carbonyl (C=O) groups excluding carboxylic acids is 2. The van der Waals surface area contributed by atoms with E-state index in [1.807, 2.05) is 11.6 Å². The first kappa shape index (κ1) is 13.5. The van der Waals surface area contributed by atoms with Gasteiger partial charge in [-0.15, -0.1) is 0 Å². The van der Waals surface area contributed by atoms with Crippen LogP contribution in [0.15, 0.2) is 0 Å². The first-order chi connectivity index (χ1) is 10.6. The standard InChI is InChI=1S/C14H19N5O3/c1-9-13-15-12(10-2-3-10)16-19(13)5-4-18(9)11(20)8-17-6-7-22-14(17)21/h9-10H,2-8H2,1H3/t9-/m1/s1. The van der Waals surface area contributed by atoms with Crippen LogP contribution < -0.4 is 0 Å². The summed E-state index contributed by atoms with van der Waals surface area (Å²) in [5.74, 6) is 2.21. The molecule has 2 amide bonds. The molecular formula is C14H19N5O3. The zero-order valence-electron chi connectivity index (χ0n) is 12.6. The highest BCUT2D eigenvalue weighted by atomic mass is 16.6. The highest BCUT2D eigenvalue weighted by molar-refractivity contribution is 5.83. The highest BCUT2D eigenvalue weighted by Gasteiger charge is 2.35. The quantitative estimate of drug-likeness (QED) is 0.813. The van der Waals surface area contributed by atoms with Crippen LogP contribution >= 0.6 is 0 Å². The van der Waals surface area contributed by atoms with Crippen molar-refractivity contribution >= 4 is 12.0 Å². The molecule has 1 atom stereocenters. The van der Waals surface area contributed by atoms with Gasteiger partial charge >= 0.3 is 6.09 Å².